The zero-order valence-electron chi connectivity index (χ0n) is 19.6. The van der Waals surface area contributed by atoms with Gasteiger partial charge in [-0.25, -0.2) is 0 Å². The molecule has 0 spiro atoms. The van der Waals surface area contributed by atoms with E-state index in [1.165, 1.54) is 5.56 Å². The molecule has 2 aromatic rings. The van der Waals surface area contributed by atoms with Gasteiger partial charge < -0.3 is 19.4 Å². The van der Waals surface area contributed by atoms with Crippen LogP contribution in [0.5, 0.6) is 0 Å². The number of rotatable bonds is 8. The molecule has 2 fully saturated rings. The number of hydrogen-bond acceptors (Lipinski definition) is 6. The van der Waals surface area contributed by atoms with Gasteiger partial charge >= 0.3 is 0 Å². The van der Waals surface area contributed by atoms with Crippen molar-refractivity contribution in [1.29, 1.82) is 0 Å². The average Bonchev–Trinajstić information content (AvgIpc) is 2.81. The monoisotopic (exact) mass is 451 g/mol. The predicted octanol–water partition coefficient (Wildman–Crippen LogP) is 2.38. The lowest BCUT2D eigenvalue weighted by Crippen LogP contribution is -2.53. The Morgan fingerprint density at radius 1 is 1.03 bits per heavy atom. The number of carbonyl (C=O) groups is 2. The summed E-state index contributed by atoms with van der Waals surface area (Å²) in [7, 11) is 1.61. The highest BCUT2D eigenvalue weighted by molar-refractivity contribution is 5.86. The fourth-order valence-corrected chi connectivity index (χ4v) is 4.20. The van der Waals surface area contributed by atoms with E-state index in [1.54, 1.807) is 12.0 Å². The summed E-state index contributed by atoms with van der Waals surface area (Å²) in [6.45, 7) is 5.69. The Labute approximate surface area is 195 Å². The SMILES string of the molecule is COCCN(CC(=O)N1CCN(c2ccc(-c3ccc(C)cc3)nn2)CC1)C(=O)C1CCC1. The highest BCUT2D eigenvalue weighted by Crippen LogP contribution is 2.28. The Bertz CT molecular complexity index is 936. The van der Waals surface area contributed by atoms with Crippen LogP contribution in [0, 0.1) is 12.8 Å². The summed E-state index contributed by atoms with van der Waals surface area (Å²) in [5, 5.41) is 8.81. The summed E-state index contributed by atoms with van der Waals surface area (Å²) >= 11 is 0. The number of amides is 2. The van der Waals surface area contributed by atoms with Crippen molar-refractivity contribution in [2.75, 3.05) is 57.9 Å². The molecule has 0 bridgehead atoms. The normalized spacial score (nSPS) is 16.4. The first-order valence-electron chi connectivity index (χ1n) is 11.8. The molecule has 0 radical (unpaired) electrons. The second-order valence-corrected chi connectivity index (χ2v) is 8.89. The summed E-state index contributed by atoms with van der Waals surface area (Å²) in [4.78, 5) is 31.3. The lowest BCUT2D eigenvalue weighted by molar-refractivity contribution is -0.145. The molecule has 1 aromatic heterocycles. The molecule has 2 amide bonds. The molecule has 2 heterocycles. The van der Waals surface area contributed by atoms with Crippen molar-refractivity contribution >= 4 is 17.6 Å². The maximum atomic E-state index is 12.9. The van der Waals surface area contributed by atoms with Crippen molar-refractivity contribution in [2.24, 2.45) is 5.92 Å². The van der Waals surface area contributed by atoms with Crippen molar-refractivity contribution in [3.05, 3.63) is 42.0 Å². The fourth-order valence-electron chi connectivity index (χ4n) is 4.20. The minimum absolute atomic E-state index is 0.000713. The molecule has 1 saturated heterocycles. The van der Waals surface area contributed by atoms with E-state index >= 15 is 0 Å². The van der Waals surface area contributed by atoms with Gasteiger partial charge in [-0.3, -0.25) is 9.59 Å². The van der Waals surface area contributed by atoms with Gasteiger partial charge in [-0.2, -0.15) is 0 Å². The molecule has 1 aliphatic carbocycles. The van der Waals surface area contributed by atoms with Crippen molar-refractivity contribution < 1.29 is 14.3 Å². The lowest BCUT2D eigenvalue weighted by Gasteiger charge is -2.37. The van der Waals surface area contributed by atoms with Crippen molar-refractivity contribution in [2.45, 2.75) is 26.2 Å². The molecule has 4 rings (SSSR count). The number of carbonyl (C=O) groups excluding carboxylic acids is 2. The Hall–Kier alpha value is -3.00. The summed E-state index contributed by atoms with van der Waals surface area (Å²) in [6, 6.07) is 12.2. The summed E-state index contributed by atoms with van der Waals surface area (Å²) in [6.07, 6.45) is 2.96. The number of benzene rings is 1. The van der Waals surface area contributed by atoms with E-state index in [0.29, 0.717) is 39.3 Å². The van der Waals surface area contributed by atoms with Gasteiger partial charge in [-0.1, -0.05) is 36.2 Å². The molecule has 1 saturated carbocycles. The van der Waals surface area contributed by atoms with Gasteiger partial charge in [0.25, 0.3) is 0 Å². The molecule has 0 unspecified atom stereocenters. The van der Waals surface area contributed by atoms with Crippen LogP contribution in [0.15, 0.2) is 36.4 Å². The van der Waals surface area contributed by atoms with Gasteiger partial charge in [0, 0.05) is 51.3 Å². The van der Waals surface area contributed by atoms with Crippen LogP contribution in [-0.4, -0.2) is 84.8 Å². The fraction of sp³-hybridized carbons (Fsp3) is 0.520. The summed E-state index contributed by atoms with van der Waals surface area (Å²) < 4.78 is 5.15. The van der Waals surface area contributed by atoms with Crippen molar-refractivity contribution in [3.8, 4) is 11.3 Å². The maximum absolute atomic E-state index is 12.9. The van der Waals surface area contributed by atoms with Crippen LogP contribution in [0.2, 0.25) is 0 Å². The highest BCUT2D eigenvalue weighted by atomic mass is 16.5. The molecule has 0 N–H and O–H groups in total. The number of hydrogen-bond donors (Lipinski definition) is 0. The highest BCUT2D eigenvalue weighted by Gasteiger charge is 2.31. The molecular weight excluding hydrogens is 418 g/mol. The van der Waals surface area contributed by atoms with Crippen LogP contribution in [0.3, 0.4) is 0 Å². The minimum Gasteiger partial charge on any atom is -0.383 e. The maximum Gasteiger partial charge on any atom is 0.242 e. The number of ether oxygens (including phenoxy) is 1. The van der Waals surface area contributed by atoms with Crippen LogP contribution >= 0.6 is 0 Å². The second kappa shape index (κ2) is 10.7. The number of aryl methyl sites for hydroxylation is 1. The topological polar surface area (TPSA) is 78.9 Å². The zero-order valence-corrected chi connectivity index (χ0v) is 19.6. The standard InChI is InChI=1S/C25H33N5O3/c1-19-6-8-20(9-7-19)22-10-11-23(27-26-22)28-12-14-29(15-13-28)24(31)18-30(16-17-33-2)25(32)21-4-3-5-21/h6-11,21H,3-5,12-18H2,1-2H3. The number of anilines is 1. The van der Waals surface area contributed by atoms with Crippen LogP contribution in [0.1, 0.15) is 24.8 Å². The van der Waals surface area contributed by atoms with Crippen molar-refractivity contribution in [3.63, 3.8) is 0 Å². The van der Waals surface area contributed by atoms with Gasteiger partial charge in [-0.15, -0.1) is 10.2 Å². The number of methoxy groups -OCH3 is 1. The molecule has 8 heteroatoms. The number of piperazine rings is 1. The largest absolute Gasteiger partial charge is 0.383 e. The molecule has 1 aromatic carbocycles. The zero-order chi connectivity index (χ0) is 23.2. The van der Waals surface area contributed by atoms with E-state index in [4.69, 9.17) is 4.74 Å². The van der Waals surface area contributed by atoms with Crippen LogP contribution < -0.4 is 4.90 Å². The Morgan fingerprint density at radius 3 is 2.33 bits per heavy atom. The Kier molecular flexibility index (Phi) is 7.54. The predicted molar refractivity (Wildman–Crippen MR) is 127 cm³/mol. The van der Waals surface area contributed by atoms with E-state index in [2.05, 4.69) is 46.3 Å². The number of nitrogens with zero attached hydrogens (tertiary/aromatic N) is 5. The average molecular weight is 452 g/mol. The molecule has 33 heavy (non-hydrogen) atoms. The first-order valence-corrected chi connectivity index (χ1v) is 11.8. The molecule has 0 atom stereocenters. The quantitative estimate of drug-likeness (QED) is 0.613. The molecule has 176 valence electrons. The van der Waals surface area contributed by atoms with Gasteiger partial charge in [0.05, 0.1) is 18.8 Å². The third kappa shape index (κ3) is 5.68. The first kappa shape index (κ1) is 23.2. The molecule has 8 nitrogen and oxygen atoms in total. The first-order chi connectivity index (χ1) is 16.0. The van der Waals surface area contributed by atoms with E-state index in [0.717, 1.165) is 36.3 Å². The van der Waals surface area contributed by atoms with Gasteiger partial charge in [-0.05, 0) is 31.9 Å². The van der Waals surface area contributed by atoms with E-state index in [9.17, 15) is 9.59 Å². The second-order valence-electron chi connectivity index (χ2n) is 8.89. The lowest BCUT2D eigenvalue weighted by atomic mass is 9.84. The summed E-state index contributed by atoms with van der Waals surface area (Å²) in [5.74, 6) is 0.987. The summed E-state index contributed by atoms with van der Waals surface area (Å²) in [5.41, 5.74) is 3.11. The van der Waals surface area contributed by atoms with E-state index < -0.39 is 0 Å². The Morgan fingerprint density at radius 2 is 1.76 bits per heavy atom. The van der Waals surface area contributed by atoms with Gasteiger partial charge in [0.1, 0.15) is 0 Å². The van der Waals surface area contributed by atoms with E-state index in [-0.39, 0.29) is 24.3 Å². The van der Waals surface area contributed by atoms with Crippen LogP contribution in [0.25, 0.3) is 11.3 Å². The van der Waals surface area contributed by atoms with Crippen LogP contribution in [0.4, 0.5) is 5.82 Å². The van der Waals surface area contributed by atoms with Crippen molar-refractivity contribution in [1.82, 2.24) is 20.0 Å². The van der Waals surface area contributed by atoms with Crippen LogP contribution in [-0.2, 0) is 14.3 Å². The third-order valence-electron chi connectivity index (χ3n) is 6.61. The third-order valence-corrected chi connectivity index (χ3v) is 6.61. The van der Waals surface area contributed by atoms with Gasteiger partial charge in [0.15, 0.2) is 5.82 Å². The molecular formula is C25H33N5O3. The molecule has 2 aliphatic rings. The smallest absolute Gasteiger partial charge is 0.242 e. The Balaban J connectivity index is 1.30. The minimum atomic E-state index is -0.000713. The molecule has 1 aliphatic heterocycles. The number of aromatic nitrogens is 2. The van der Waals surface area contributed by atoms with E-state index in [1.807, 2.05) is 17.0 Å². The van der Waals surface area contributed by atoms with Gasteiger partial charge in [0.2, 0.25) is 11.8 Å².